The monoisotopic (exact) mass is 237 g/mol. The summed E-state index contributed by atoms with van der Waals surface area (Å²) in [6.07, 6.45) is 3.36. The van der Waals surface area contributed by atoms with Crippen molar-refractivity contribution in [3.63, 3.8) is 0 Å². The Hall–Kier alpha value is -1.42. The van der Waals surface area contributed by atoms with Crippen molar-refractivity contribution in [1.29, 1.82) is 0 Å². The fourth-order valence-electron chi connectivity index (χ4n) is 2.41. The molecule has 0 atom stereocenters. The third-order valence-electron chi connectivity index (χ3n) is 3.79. The van der Waals surface area contributed by atoms with E-state index in [1.54, 1.807) is 0 Å². The number of hydrogen-bond acceptors (Lipinski definition) is 4. The van der Waals surface area contributed by atoms with E-state index in [4.69, 9.17) is 15.2 Å². The first-order valence-electron chi connectivity index (χ1n) is 5.82. The van der Waals surface area contributed by atoms with Gasteiger partial charge in [-0.15, -0.1) is 0 Å². The van der Waals surface area contributed by atoms with Crippen LogP contribution in [-0.2, 0) is 5.41 Å². The van der Waals surface area contributed by atoms with Crippen LogP contribution in [0.5, 0.6) is 17.2 Å². The Bertz CT molecular complexity index is 383. The lowest BCUT2D eigenvalue weighted by molar-refractivity contribution is 0.249. The zero-order valence-electron chi connectivity index (χ0n) is 10.3. The zero-order valence-corrected chi connectivity index (χ0v) is 10.3. The van der Waals surface area contributed by atoms with Gasteiger partial charge >= 0.3 is 0 Å². The van der Waals surface area contributed by atoms with E-state index in [0.29, 0.717) is 18.0 Å². The lowest BCUT2D eigenvalue weighted by Gasteiger charge is -2.41. The second-order valence-corrected chi connectivity index (χ2v) is 4.57. The molecule has 0 saturated heterocycles. The summed E-state index contributed by atoms with van der Waals surface area (Å²) in [6, 6.07) is 3.73. The first-order valence-corrected chi connectivity index (χ1v) is 5.82. The van der Waals surface area contributed by atoms with E-state index in [1.807, 2.05) is 12.1 Å². The van der Waals surface area contributed by atoms with Gasteiger partial charge in [0.2, 0.25) is 5.75 Å². The highest BCUT2D eigenvalue weighted by Crippen LogP contribution is 2.47. The van der Waals surface area contributed by atoms with E-state index in [2.05, 4.69) is 0 Å². The standard InChI is InChI=1S/C13H19NO3/c1-16-10-6-9(7-11(17-2)12(10)15)13(8-14)4-3-5-13/h6-7,15H,3-5,8,14H2,1-2H3. The molecular weight excluding hydrogens is 218 g/mol. The molecule has 94 valence electrons. The van der Waals surface area contributed by atoms with Crippen LogP contribution >= 0.6 is 0 Å². The highest BCUT2D eigenvalue weighted by atomic mass is 16.5. The predicted molar refractivity (Wildman–Crippen MR) is 65.8 cm³/mol. The van der Waals surface area contributed by atoms with E-state index in [0.717, 1.165) is 18.4 Å². The van der Waals surface area contributed by atoms with Crippen molar-refractivity contribution in [2.24, 2.45) is 5.73 Å². The molecule has 0 bridgehead atoms. The van der Waals surface area contributed by atoms with Crippen molar-refractivity contribution in [3.8, 4) is 17.2 Å². The summed E-state index contributed by atoms with van der Waals surface area (Å²) >= 11 is 0. The van der Waals surface area contributed by atoms with E-state index >= 15 is 0 Å². The highest BCUT2D eigenvalue weighted by molar-refractivity contribution is 5.54. The van der Waals surface area contributed by atoms with Gasteiger partial charge in [-0.05, 0) is 30.5 Å². The van der Waals surface area contributed by atoms with Gasteiger partial charge in [0.15, 0.2) is 11.5 Å². The molecule has 0 unspecified atom stereocenters. The largest absolute Gasteiger partial charge is 0.502 e. The molecule has 0 radical (unpaired) electrons. The van der Waals surface area contributed by atoms with Crippen LogP contribution in [-0.4, -0.2) is 25.9 Å². The fourth-order valence-corrected chi connectivity index (χ4v) is 2.41. The lowest BCUT2D eigenvalue weighted by Crippen LogP contribution is -2.41. The summed E-state index contributed by atoms with van der Waals surface area (Å²) in [6.45, 7) is 0.615. The molecule has 0 aromatic heterocycles. The van der Waals surface area contributed by atoms with Crippen LogP contribution in [0, 0.1) is 0 Å². The third-order valence-corrected chi connectivity index (χ3v) is 3.79. The van der Waals surface area contributed by atoms with Gasteiger partial charge in [0, 0.05) is 12.0 Å². The van der Waals surface area contributed by atoms with Crippen LogP contribution in [0.15, 0.2) is 12.1 Å². The summed E-state index contributed by atoms with van der Waals surface area (Å²) in [5, 5.41) is 9.86. The van der Waals surface area contributed by atoms with Gasteiger partial charge in [-0.1, -0.05) is 6.42 Å². The van der Waals surface area contributed by atoms with Crippen LogP contribution in [0.2, 0.25) is 0 Å². The van der Waals surface area contributed by atoms with Gasteiger partial charge in [0.25, 0.3) is 0 Å². The Morgan fingerprint density at radius 1 is 1.24 bits per heavy atom. The fraction of sp³-hybridized carbons (Fsp3) is 0.538. The quantitative estimate of drug-likeness (QED) is 0.838. The molecule has 0 amide bonds. The molecule has 0 spiro atoms. The van der Waals surface area contributed by atoms with Crippen molar-refractivity contribution >= 4 is 0 Å². The molecule has 1 aromatic carbocycles. The number of methoxy groups -OCH3 is 2. The molecule has 4 nitrogen and oxygen atoms in total. The Kier molecular flexibility index (Phi) is 3.15. The average Bonchev–Trinajstić information content (AvgIpc) is 2.30. The lowest BCUT2D eigenvalue weighted by atomic mass is 9.64. The Morgan fingerprint density at radius 3 is 2.06 bits per heavy atom. The zero-order chi connectivity index (χ0) is 12.5. The second kappa shape index (κ2) is 4.45. The van der Waals surface area contributed by atoms with Crippen molar-refractivity contribution in [2.75, 3.05) is 20.8 Å². The maximum Gasteiger partial charge on any atom is 0.200 e. The minimum absolute atomic E-state index is 0.0360. The first-order chi connectivity index (χ1) is 8.16. The molecule has 1 aromatic rings. The average molecular weight is 237 g/mol. The Labute approximate surface area is 101 Å². The molecule has 0 aliphatic heterocycles. The molecule has 0 heterocycles. The Balaban J connectivity index is 2.47. The highest BCUT2D eigenvalue weighted by Gasteiger charge is 2.38. The molecule has 3 N–H and O–H groups in total. The molecule has 17 heavy (non-hydrogen) atoms. The molecule has 1 aliphatic carbocycles. The SMILES string of the molecule is COc1cc(C2(CN)CCC2)cc(OC)c1O. The van der Waals surface area contributed by atoms with Gasteiger partial charge in [-0.3, -0.25) is 0 Å². The van der Waals surface area contributed by atoms with Gasteiger partial charge in [0.1, 0.15) is 0 Å². The van der Waals surface area contributed by atoms with Crippen molar-refractivity contribution in [1.82, 2.24) is 0 Å². The van der Waals surface area contributed by atoms with Crippen LogP contribution < -0.4 is 15.2 Å². The van der Waals surface area contributed by atoms with Gasteiger partial charge < -0.3 is 20.3 Å². The van der Waals surface area contributed by atoms with Crippen LogP contribution in [0.25, 0.3) is 0 Å². The van der Waals surface area contributed by atoms with Crippen molar-refractivity contribution in [3.05, 3.63) is 17.7 Å². The van der Waals surface area contributed by atoms with Gasteiger partial charge in [-0.25, -0.2) is 0 Å². The maximum absolute atomic E-state index is 9.86. The molecule has 2 rings (SSSR count). The van der Waals surface area contributed by atoms with E-state index in [1.165, 1.54) is 20.6 Å². The van der Waals surface area contributed by atoms with Crippen molar-refractivity contribution < 1.29 is 14.6 Å². The summed E-state index contributed by atoms with van der Waals surface area (Å²) in [5.74, 6) is 0.934. The summed E-state index contributed by atoms with van der Waals surface area (Å²) in [5.41, 5.74) is 7.01. The second-order valence-electron chi connectivity index (χ2n) is 4.57. The third kappa shape index (κ3) is 1.82. The molecule has 1 saturated carbocycles. The molecule has 1 fully saturated rings. The number of ether oxygens (including phenoxy) is 2. The number of phenols is 1. The summed E-state index contributed by atoms with van der Waals surface area (Å²) in [7, 11) is 3.07. The number of aromatic hydroxyl groups is 1. The number of hydrogen-bond donors (Lipinski definition) is 2. The number of nitrogens with two attached hydrogens (primary N) is 1. The number of benzene rings is 1. The molecule has 4 heteroatoms. The first kappa shape index (κ1) is 12.0. The smallest absolute Gasteiger partial charge is 0.200 e. The predicted octanol–water partition coefficient (Wildman–Crippen LogP) is 1.79. The number of phenolic OH excluding ortho intramolecular Hbond substituents is 1. The minimum Gasteiger partial charge on any atom is -0.502 e. The van der Waals surface area contributed by atoms with Crippen LogP contribution in [0.1, 0.15) is 24.8 Å². The van der Waals surface area contributed by atoms with E-state index in [-0.39, 0.29) is 11.2 Å². The Morgan fingerprint density at radius 2 is 1.76 bits per heavy atom. The topological polar surface area (TPSA) is 64.7 Å². The van der Waals surface area contributed by atoms with Crippen LogP contribution in [0.4, 0.5) is 0 Å². The van der Waals surface area contributed by atoms with Crippen molar-refractivity contribution in [2.45, 2.75) is 24.7 Å². The molecular formula is C13H19NO3. The van der Waals surface area contributed by atoms with E-state index < -0.39 is 0 Å². The van der Waals surface area contributed by atoms with Gasteiger partial charge in [-0.2, -0.15) is 0 Å². The maximum atomic E-state index is 9.86. The van der Waals surface area contributed by atoms with Crippen LogP contribution in [0.3, 0.4) is 0 Å². The molecule has 1 aliphatic rings. The van der Waals surface area contributed by atoms with Gasteiger partial charge in [0.05, 0.1) is 14.2 Å². The summed E-state index contributed by atoms with van der Waals surface area (Å²) in [4.78, 5) is 0. The summed E-state index contributed by atoms with van der Waals surface area (Å²) < 4.78 is 10.3. The van der Waals surface area contributed by atoms with E-state index in [9.17, 15) is 5.11 Å². The minimum atomic E-state index is 0.0360. The normalized spacial score (nSPS) is 17.4. The number of rotatable bonds is 4.